The highest BCUT2D eigenvalue weighted by Gasteiger charge is 2.17. The molecule has 0 aliphatic carbocycles. The van der Waals surface area contributed by atoms with Gasteiger partial charge in [0.25, 0.3) is 0 Å². The van der Waals surface area contributed by atoms with Crippen LogP contribution < -0.4 is 5.32 Å². The zero-order valence-corrected chi connectivity index (χ0v) is 33.7. The quantitative estimate of drug-likeness (QED) is 0.0440. The van der Waals surface area contributed by atoms with Crippen molar-refractivity contribution in [3.05, 3.63) is 36.5 Å². The van der Waals surface area contributed by atoms with Crippen molar-refractivity contribution in [1.29, 1.82) is 0 Å². The largest absolute Gasteiger partial charge is 0.394 e. The first-order chi connectivity index (χ1) is 24.7. The second kappa shape index (κ2) is 42.0. The average Bonchev–Trinajstić information content (AvgIpc) is 3.12. The van der Waals surface area contributed by atoms with Gasteiger partial charge in [-0.15, -0.1) is 0 Å². The Balaban J connectivity index is 3.54. The summed E-state index contributed by atoms with van der Waals surface area (Å²) in [6.07, 6.45) is 55.4. The topological polar surface area (TPSA) is 69.6 Å². The molecule has 0 aromatic rings. The van der Waals surface area contributed by atoms with Crippen LogP contribution in [0.3, 0.4) is 0 Å². The Morgan fingerprint density at radius 3 is 1.30 bits per heavy atom. The number of rotatable bonds is 40. The molecule has 0 spiro atoms. The van der Waals surface area contributed by atoms with Gasteiger partial charge in [-0.3, -0.25) is 4.79 Å². The lowest BCUT2D eigenvalue weighted by Gasteiger charge is -2.20. The van der Waals surface area contributed by atoms with Crippen LogP contribution in [-0.2, 0) is 4.79 Å². The van der Waals surface area contributed by atoms with Gasteiger partial charge in [0.05, 0.1) is 18.8 Å². The lowest BCUT2D eigenvalue weighted by molar-refractivity contribution is -0.123. The smallest absolute Gasteiger partial charge is 0.220 e. The predicted octanol–water partition coefficient (Wildman–Crippen LogP) is 13.8. The van der Waals surface area contributed by atoms with Gasteiger partial charge in [-0.1, -0.05) is 217 Å². The molecule has 2 unspecified atom stereocenters. The molecule has 294 valence electrons. The minimum absolute atomic E-state index is 0.0637. The van der Waals surface area contributed by atoms with E-state index in [1.54, 1.807) is 6.08 Å². The number of unbranched alkanes of at least 4 members (excludes halogenated alkanes) is 29. The normalized spacial score (nSPS) is 13.3. The minimum atomic E-state index is -0.837. The Bertz CT molecular complexity index is 760. The Morgan fingerprint density at radius 2 is 0.880 bits per heavy atom. The number of carbonyl (C=O) groups excluding carboxylic acids is 1. The van der Waals surface area contributed by atoms with Gasteiger partial charge in [0.1, 0.15) is 0 Å². The molecule has 0 aliphatic heterocycles. The van der Waals surface area contributed by atoms with Gasteiger partial charge < -0.3 is 15.5 Å². The molecular weight excluding hydrogens is 615 g/mol. The highest BCUT2D eigenvalue weighted by Crippen LogP contribution is 2.16. The van der Waals surface area contributed by atoms with Gasteiger partial charge in [0.2, 0.25) is 5.91 Å². The molecule has 0 aromatic heterocycles. The van der Waals surface area contributed by atoms with Gasteiger partial charge >= 0.3 is 0 Å². The maximum absolute atomic E-state index is 12.4. The number of nitrogens with one attached hydrogen (secondary N) is 1. The van der Waals surface area contributed by atoms with Crippen LogP contribution in [0.4, 0.5) is 0 Å². The summed E-state index contributed by atoms with van der Waals surface area (Å²) in [5.74, 6) is -0.0637. The van der Waals surface area contributed by atoms with Crippen molar-refractivity contribution in [1.82, 2.24) is 5.32 Å². The fraction of sp³-hybridized carbons (Fsp3) is 0.848. The first-order valence-corrected chi connectivity index (χ1v) is 22.2. The molecule has 4 heteroatoms. The van der Waals surface area contributed by atoms with Crippen LogP contribution in [0.5, 0.6) is 0 Å². The van der Waals surface area contributed by atoms with Crippen LogP contribution in [0.1, 0.15) is 232 Å². The molecule has 0 aliphatic rings. The van der Waals surface area contributed by atoms with Crippen LogP contribution in [0.2, 0.25) is 0 Å². The third kappa shape index (κ3) is 37.9. The molecule has 0 rings (SSSR count). The van der Waals surface area contributed by atoms with E-state index in [9.17, 15) is 15.0 Å². The van der Waals surface area contributed by atoms with E-state index in [1.165, 1.54) is 173 Å². The summed E-state index contributed by atoms with van der Waals surface area (Å²) in [5.41, 5.74) is 0. The second-order valence-electron chi connectivity index (χ2n) is 15.1. The highest BCUT2D eigenvalue weighted by atomic mass is 16.3. The molecule has 0 bridgehead atoms. The maximum Gasteiger partial charge on any atom is 0.220 e. The number of hydrogen-bond acceptors (Lipinski definition) is 3. The summed E-state index contributed by atoms with van der Waals surface area (Å²) in [7, 11) is 0. The molecule has 2 atom stereocenters. The van der Waals surface area contributed by atoms with E-state index in [2.05, 4.69) is 43.5 Å². The summed E-state index contributed by atoms with van der Waals surface area (Å²) < 4.78 is 0. The van der Waals surface area contributed by atoms with Gasteiger partial charge in [0.15, 0.2) is 0 Å². The van der Waals surface area contributed by atoms with Crippen LogP contribution in [-0.4, -0.2) is 34.9 Å². The monoisotopic (exact) mass is 702 g/mol. The zero-order chi connectivity index (χ0) is 36.4. The second-order valence-corrected chi connectivity index (χ2v) is 15.1. The van der Waals surface area contributed by atoms with E-state index in [1.807, 2.05) is 6.08 Å². The molecule has 0 heterocycles. The predicted molar refractivity (Wildman–Crippen MR) is 221 cm³/mol. The first kappa shape index (κ1) is 48.6. The Hall–Kier alpha value is -1.39. The molecular formula is C46H87NO3. The van der Waals surface area contributed by atoms with Crippen molar-refractivity contribution < 1.29 is 15.0 Å². The van der Waals surface area contributed by atoms with Crippen molar-refractivity contribution in [2.45, 2.75) is 244 Å². The fourth-order valence-corrected chi connectivity index (χ4v) is 6.75. The lowest BCUT2D eigenvalue weighted by atomic mass is 10.0. The van der Waals surface area contributed by atoms with E-state index in [0.717, 1.165) is 38.5 Å². The number of hydrogen-bond donors (Lipinski definition) is 3. The molecule has 0 saturated heterocycles. The van der Waals surface area contributed by atoms with E-state index in [4.69, 9.17) is 0 Å². The molecule has 1 amide bonds. The fourth-order valence-electron chi connectivity index (χ4n) is 6.75. The van der Waals surface area contributed by atoms with Crippen LogP contribution in [0.25, 0.3) is 0 Å². The van der Waals surface area contributed by atoms with Crippen molar-refractivity contribution in [3.8, 4) is 0 Å². The molecule has 4 nitrogen and oxygen atoms in total. The van der Waals surface area contributed by atoms with Crippen molar-refractivity contribution in [2.75, 3.05) is 6.61 Å². The van der Waals surface area contributed by atoms with Gasteiger partial charge in [0, 0.05) is 6.42 Å². The van der Waals surface area contributed by atoms with E-state index < -0.39 is 12.1 Å². The maximum atomic E-state index is 12.4. The average molecular weight is 702 g/mol. The number of aliphatic hydroxyl groups is 2. The van der Waals surface area contributed by atoms with Crippen LogP contribution in [0, 0.1) is 0 Å². The molecule has 0 saturated carbocycles. The summed E-state index contributed by atoms with van der Waals surface area (Å²) >= 11 is 0. The van der Waals surface area contributed by atoms with E-state index in [0.29, 0.717) is 6.42 Å². The van der Waals surface area contributed by atoms with E-state index in [-0.39, 0.29) is 12.5 Å². The number of amides is 1. The lowest BCUT2D eigenvalue weighted by Crippen LogP contribution is -2.45. The minimum Gasteiger partial charge on any atom is -0.394 e. The third-order valence-corrected chi connectivity index (χ3v) is 10.1. The molecule has 50 heavy (non-hydrogen) atoms. The molecule has 3 N–H and O–H groups in total. The SMILES string of the molecule is CC/C=C\C/C=C\CCCCCCCCCCCCCCCCC(=O)NC(CO)C(O)/C=C/CCCCCCCCCCCCCCCCC. The first-order valence-electron chi connectivity index (χ1n) is 22.2. The van der Waals surface area contributed by atoms with E-state index >= 15 is 0 Å². The third-order valence-electron chi connectivity index (χ3n) is 10.1. The standard InChI is InChI=1S/C46H87NO3/c1-3-5-7-9-11-13-15-17-19-21-22-23-24-26-28-30-32-34-36-38-40-42-46(50)47-44(43-48)45(49)41-39-37-35-33-31-29-27-25-20-18-16-14-12-10-8-6-4-2/h5,7,11,13,39,41,44-45,48-49H,3-4,6,8-10,12,14-38,40,42-43H2,1-2H3,(H,47,50)/b7-5-,13-11-,41-39+. The number of allylic oxidation sites excluding steroid dienone is 5. The summed E-state index contributed by atoms with van der Waals surface area (Å²) in [5, 5.41) is 23.0. The molecule has 0 radical (unpaired) electrons. The van der Waals surface area contributed by atoms with Crippen molar-refractivity contribution in [2.24, 2.45) is 0 Å². The number of carbonyl (C=O) groups is 1. The Kier molecular flexibility index (Phi) is 40.9. The zero-order valence-electron chi connectivity index (χ0n) is 33.7. The highest BCUT2D eigenvalue weighted by molar-refractivity contribution is 5.76. The van der Waals surface area contributed by atoms with Crippen molar-refractivity contribution in [3.63, 3.8) is 0 Å². The molecule has 0 fully saturated rings. The van der Waals surface area contributed by atoms with Crippen LogP contribution in [0.15, 0.2) is 36.5 Å². The summed E-state index contributed by atoms with van der Waals surface area (Å²) in [4.78, 5) is 12.4. The van der Waals surface area contributed by atoms with Crippen molar-refractivity contribution >= 4 is 5.91 Å². The Labute approximate surface area is 312 Å². The van der Waals surface area contributed by atoms with Crippen LogP contribution >= 0.6 is 0 Å². The van der Waals surface area contributed by atoms with Gasteiger partial charge in [-0.05, 0) is 44.9 Å². The summed E-state index contributed by atoms with van der Waals surface area (Å²) in [6.45, 7) is 4.22. The van der Waals surface area contributed by atoms with Gasteiger partial charge in [-0.2, -0.15) is 0 Å². The number of aliphatic hydroxyl groups excluding tert-OH is 2. The van der Waals surface area contributed by atoms with Gasteiger partial charge in [-0.25, -0.2) is 0 Å². The molecule has 0 aromatic carbocycles. The summed E-state index contributed by atoms with van der Waals surface area (Å²) in [6, 6.07) is -0.620. The Morgan fingerprint density at radius 1 is 0.500 bits per heavy atom.